The van der Waals surface area contributed by atoms with Gasteiger partial charge < -0.3 is 0 Å². The van der Waals surface area contributed by atoms with Crippen LogP contribution in [0, 0.1) is 0 Å². The second kappa shape index (κ2) is 6.95. The van der Waals surface area contributed by atoms with Crippen molar-refractivity contribution in [2.75, 3.05) is 0 Å². The summed E-state index contributed by atoms with van der Waals surface area (Å²) in [6.45, 7) is 6.59. The van der Waals surface area contributed by atoms with E-state index >= 15 is 0 Å². The third-order valence-corrected chi connectivity index (χ3v) is 5.14. The quantitative estimate of drug-likeness (QED) is 0.392. The van der Waals surface area contributed by atoms with Gasteiger partial charge in [0.05, 0.1) is 22.8 Å². The second-order valence-corrected chi connectivity index (χ2v) is 8.37. The van der Waals surface area contributed by atoms with E-state index in [2.05, 4.69) is 42.9 Å². The molecular weight excluding hydrogens is 370 g/mol. The summed E-state index contributed by atoms with van der Waals surface area (Å²) in [5, 5.41) is 2.02. The number of fused-ring (bicyclic) bond motifs is 2. The Morgan fingerprint density at radius 1 is 0.567 bits per heavy atom. The monoisotopic (exact) mass is 391 g/mol. The fourth-order valence-corrected chi connectivity index (χ4v) is 3.42. The minimum Gasteiger partial charge on any atom is -0.244 e. The molecule has 0 radical (unpaired) electrons. The lowest BCUT2D eigenvalue weighted by molar-refractivity contribution is 0.590. The molecule has 0 aromatic carbocycles. The topological polar surface area (TPSA) is 64.5 Å². The van der Waals surface area contributed by atoms with Crippen LogP contribution in [0.5, 0.6) is 0 Å². The smallest absolute Gasteiger partial charge is 0.159 e. The summed E-state index contributed by atoms with van der Waals surface area (Å²) in [6.07, 6.45) is 3.52. The molecule has 5 aromatic heterocycles. The van der Waals surface area contributed by atoms with Crippen LogP contribution in [0.1, 0.15) is 26.3 Å². The van der Waals surface area contributed by atoms with Gasteiger partial charge in [0.25, 0.3) is 0 Å². The molecule has 5 aromatic rings. The highest BCUT2D eigenvalue weighted by molar-refractivity contribution is 5.79. The number of hydrogen-bond donors (Lipinski definition) is 0. The predicted molar refractivity (Wildman–Crippen MR) is 120 cm³/mol. The molecule has 0 N–H and O–H groups in total. The molecule has 30 heavy (non-hydrogen) atoms. The molecule has 0 aliphatic carbocycles. The summed E-state index contributed by atoms with van der Waals surface area (Å²) >= 11 is 0. The van der Waals surface area contributed by atoms with E-state index < -0.39 is 0 Å². The van der Waals surface area contributed by atoms with E-state index in [1.165, 1.54) is 5.56 Å². The molecule has 146 valence electrons. The van der Waals surface area contributed by atoms with Crippen molar-refractivity contribution in [3.63, 3.8) is 0 Å². The predicted octanol–water partition coefficient (Wildman–Crippen LogP) is 5.60. The molecule has 5 rings (SSSR count). The maximum atomic E-state index is 4.92. The van der Waals surface area contributed by atoms with Crippen LogP contribution in [-0.4, -0.2) is 24.9 Å². The highest BCUT2D eigenvalue weighted by atomic mass is 14.9. The van der Waals surface area contributed by atoms with Crippen LogP contribution in [0.25, 0.3) is 44.8 Å². The van der Waals surface area contributed by atoms with Crippen molar-refractivity contribution in [3.05, 3.63) is 78.6 Å². The normalized spacial score (nSPS) is 11.8. The molecule has 5 nitrogen and oxygen atoms in total. The van der Waals surface area contributed by atoms with Crippen LogP contribution in [0.15, 0.2) is 73.1 Å². The lowest BCUT2D eigenvalue weighted by Crippen LogP contribution is -2.12. The van der Waals surface area contributed by atoms with Crippen LogP contribution in [0.4, 0.5) is 0 Å². The minimum atomic E-state index is -0.0450. The first-order chi connectivity index (χ1) is 14.5. The molecule has 0 unspecified atom stereocenters. The molecule has 0 spiro atoms. The van der Waals surface area contributed by atoms with Gasteiger partial charge in [-0.25, -0.2) is 24.9 Å². The second-order valence-electron chi connectivity index (χ2n) is 8.37. The van der Waals surface area contributed by atoms with Crippen molar-refractivity contribution in [1.29, 1.82) is 0 Å². The van der Waals surface area contributed by atoms with Crippen molar-refractivity contribution < 1.29 is 0 Å². The van der Waals surface area contributed by atoms with E-state index in [-0.39, 0.29) is 5.41 Å². The fraction of sp³-hybridized carbons (Fsp3) is 0.160. The van der Waals surface area contributed by atoms with Gasteiger partial charge in [-0.2, -0.15) is 0 Å². The first kappa shape index (κ1) is 18.3. The third kappa shape index (κ3) is 3.39. The van der Waals surface area contributed by atoms with Crippen molar-refractivity contribution in [2.45, 2.75) is 26.2 Å². The molecule has 5 heteroatoms. The summed E-state index contributed by atoms with van der Waals surface area (Å²) < 4.78 is 0. The average Bonchev–Trinajstić information content (AvgIpc) is 2.77. The van der Waals surface area contributed by atoms with Gasteiger partial charge in [0, 0.05) is 23.2 Å². The highest BCUT2D eigenvalue weighted by Crippen LogP contribution is 2.30. The molecular formula is C25H21N5. The van der Waals surface area contributed by atoms with E-state index in [4.69, 9.17) is 15.0 Å². The van der Waals surface area contributed by atoms with Crippen molar-refractivity contribution in [2.24, 2.45) is 0 Å². The van der Waals surface area contributed by atoms with Gasteiger partial charge in [-0.1, -0.05) is 20.8 Å². The van der Waals surface area contributed by atoms with Crippen LogP contribution in [0.3, 0.4) is 0 Å². The molecule has 0 atom stereocenters. The Kier molecular flexibility index (Phi) is 4.24. The lowest BCUT2D eigenvalue weighted by atomic mass is 9.86. The number of hydrogen-bond acceptors (Lipinski definition) is 5. The molecule has 5 heterocycles. The number of rotatable bonds is 2. The summed E-state index contributed by atoms with van der Waals surface area (Å²) in [6, 6.07) is 20.1. The Hall–Kier alpha value is -3.73. The third-order valence-electron chi connectivity index (χ3n) is 5.14. The van der Waals surface area contributed by atoms with Gasteiger partial charge >= 0.3 is 0 Å². The Bertz CT molecular complexity index is 1290. The Morgan fingerprint density at radius 2 is 1.07 bits per heavy atom. The summed E-state index contributed by atoms with van der Waals surface area (Å²) in [5.74, 6) is 0. The lowest BCUT2D eigenvalue weighted by Gasteiger charge is -2.21. The zero-order valence-corrected chi connectivity index (χ0v) is 17.2. The molecule has 0 aliphatic heterocycles. The van der Waals surface area contributed by atoms with E-state index in [1.54, 1.807) is 12.4 Å². The van der Waals surface area contributed by atoms with Crippen molar-refractivity contribution in [1.82, 2.24) is 24.9 Å². The van der Waals surface area contributed by atoms with Gasteiger partial charge in [-0.05, 0) is 71.6 Å². The van der Waals surface area contributed by atoms with Crippen molar-refractivity contribution >= 4 is 22.1 Å². The summed E-state index contributed by atoms with van der Waals surface area (Å²) in [5.41, 5.74) is 5.78. The Labute approximate surface area is 174 Å². The molecule has 0 fully saturated rings. The Balaban J connectivity index is 1.70. The van der Waals surface area contributed by atoms with E-state index in [0.29, 0.717) is 11.3 Å². The van der Waals surface area contributed by atoms with Crippen LogP contribution < -0.4 is 0 Å². The minimum absolute atomic E-state index is 0.0450. The number of pyridine rings is 5. The number of nitrogens with zero attached hydrogens (tertiary/aromatic N) is 5. The maximum Gasteiger partial charge on any atom is 0.159 e. The molecule has 0 saturated carbocycles. The highest BCUT2D eigenvalue weighted by Gasteiger charge is 2.18. The van der Waals surface area contributed by atoms with Gasteiger partial charge in [0.2, 0.25) is 0 Å². The number of aromatic nitrogens is 5. The van der Waals surface area contributed by atoms with Gasteiger partial charge in [0.15, 0.2) is 11.3 Å². The average molecular weight is 391 g/mol. The van der Waals surface area contributed by atoms with Gasteiger partial charge in [-0.15, -0.1) is 0 Å². The van der Waals surface area contributed by atoms with Crippen molar-refractivity contribution in [3.8, 4) is 22.8 Å². The molecule has 0 aliphatic rings. The first-order valence-corrected chi connectivity index (χ1v) is 9.94. The van der Waals surface area contributed by atoms with Gasteiger partial charge in [-0.3, -0.25) is 0 Å². The molecule has 0 bridgehead atoms. The van der Waals surface area contributed by atoms with Crippen LogP contribution in [-0.2, 0) is 5.41 Å². The van der Waals surface area contributed by atoms with E-state index in [9.17, 15) is 0 Å². The summed E-state index contributed by atoms with van der Waals surface area (Å²) in [7, 11) is 0. The largest absolute Gasteiger partial charge is 0.244 e. The SMILES string of the molecule is CC(C)(C)c1cc(-c2ccc3cccnc3n2)nc(-c2ccc3cccnc3n2)c1. The van der Waals surface area contributed by atoms with Gasteiger partial charge in [0.1, 0.15) is 0 Å². The molecule has 0 amide bonds. The van der Waals surface area contributed by atoms with E-state index in [1.807, 2.05) is 48.5 Å². The Morgan fingerprint density at radius 3 is 1.53 bits per heavy atom. The van der Waals surface area contributed by atoms with E-state index in [0.717, 1.165) is 33.5 Å². The fourth-order valence-electron chi connectivity index (χ4n) is 3.42. The summed E-state index contributed by atoms with van der Waals surface area (Å²) in [4.78, 5) is 23.2. The molecule has 0 saturated heterocycles. The van der Waals surface area contributed by atoms with Crippen LogP contribution >= 0.6 is 0 Å². The maximum absolute atomic E-state index is 4.92. The van der Waals surface area contributed by atoms with Crippen LogP contribution in [0.2, 0.25) is 0 Å². The zero-order chi connectivity index (χ0) is 20.7. The first-order valence-electron chi connectivity index (χ1n) is 9.94. The standard InChI is InChI=1S/C25H21N5/c1-25(2,3)18-14-21(19-10-8-16-6-4-12-26-23(16)29-19)28-22(15-18)20-11-9-17-7-5-13-27-24(17)30-20/h4-15H,1-3H3. The zero-order valence-electron chi connectivity index (χ0n) is 17.2.